The molecule has 0 saturated heterocycles. The van der Waals surface area contributed by atoms with Gasteiger partial charge in [0, 0.05) is 15.8 Å². The van der Waals surface area contributed by atoms with Gasteiger partial charge >= 0.3 is 5.97 Å². The molecular formula is C26H19ClFNO2S. The first-order chi connectivity index (χ1) is 15.6. The second-order valence-corrected chi connectivity index (χ2v) is 9.03. The van der Waals surface area contributed by atoms with Crippen LogP contribution in [0.25, 0.3) is 22.6 Å². The molecule has 1 aliphatic carbocycles. The summed E-state index contributed by atoms with van der Waals surface area (Å²) in [6.45, 7) is -0.229. The molecule has 0 spiro atoms. The lowest BCUT2D eigenvalue weighted by molar-refractivity contribution is 0.0470. The fraction of sp³-hybridized carbons (Fsp3) is 0.154. The van der Waals surface area contributed by atoms with Gasteiger partial charge in [0.05, 0.1) is 21.8 Å². The Morgan fingerprint density at radius 3 is 2.81 bits per heavy atom. The minimum absolute atomic E-state index is 0.174. The first-order valence-electron chi connectivity index (χ1n) is 10.4. The summed E-state index contributed by atoms with van der Waals surface area (Å²) in [4.78, 5) is 19.4. The van der Waals surface area contributed by atoms with Gasteiger partial charge in [-0.3, -0.25) is 0 Å². The number of allylic oxidation sites excluding steroid dienone is 1. The number of aromatic nitrogens is 1. The molecule has 0 amide bonds. The van der Waals surface area contributed by atoms with Gasteiger partial charge in [-0.05, 0) is 66.1 Å². The van der Waals surface area contributed by atoms with Crippen molar-refractivity contribution in [3.05, 3.63) is 98.1 Å². The minimum atomic E-state index is -0.493. The second kappa shape index (κ2) is 8.85. The number of esters is 1. The van der Waals surface area contributed by atoms with E-state index in [2.05, 4.69) is 12.1 Å². The molecule has 0 bridgehead atoms. The molecule has 2 aromatic heterocycles. The van der Waals surface area contributed by atoms with Crippen molar-refractivity contribution in [2.24, 2.45) is 0 Å². The van der Waals surface area contributed by atoms with E-state index in [4.69, 9.17) is 21.3 Å². The molecule has 0 aliphatic heterocycles. The summed E-state index contributed by atoms with van der Waals surface area (Å²) in [6, 6.07) is 16.1. The third-order valence-corrected chi connectivity index (χ3v) is 6.82. The summed E-state index contributed by atoms with van der Waals surface area (Å²) < 4.78 is 19.8. The highest BCUT2D eigenvalue weighted by atomic mass is 35.5. The van der Waals surface area contributed by atoms with Gasteiger partial charge in [-0.2, -0.15) is 0 Å². The summed E-state index contributed by atoms with van der Waals surface area (Å²) >= 11 is 7.78. The van der Waals surface area contributed by atoms with Crippen molar-refractivity contribution in [2.45, 2.75) is 25.9 Å². The number of thiophene rings is 1. The molecule has 0 unspecified atom stereocenters. The van der Waals surface area contributed by atoms with Crippen LogP contribution in [0.15, 0.2) is 60.0 Å². The smallest absolute Gasteiger partial charge is 0.339 e. The van der Waals surface area contributed by atoms with Crippen molar-refractivity contribution in [3.8, 4) is 0 Å². The maximum absolute atomic E-state index is 14.2. The van der Waals surface area contributed by atoms with E-state index in [0.717, 1.165) is 51.9 Å². The zero-order valence-electron chi connectivity index (χ0n) is 17.1. The maximum Gasteiger partial charge on any atom is 0.339 e. The predicted octanol–water partition coefficient (Wildman–Crippen LogP) is 7.32. The predicted molar refractivity (Wildman–Crippen MR) is 127 cm³/mol. The monoisotopic (exact) mass is 463 g/mol. The van der Waals surface area contributed by atoms with Crippen LogP contribution >= 0.6 is 22.9 Å². The Kier molecular flexibility index (Phi) is 5.77. The molecule has 0 fully saturated rings. The standard InChI is InChI=1S/C26H19ClFNO2S/c27-21-10-4-11-22(28)20(21)15-31-26(30)24-18-8-1-2-12-23(18)29-25-16(6-3-9-19(24)25)14-17-7-5-13-32-17/h1-2,4-5,7-8,10-14H,3,6,9,15H2. The molecule has 6 heteroatoms. The highest BCUT2D eigenvalue weighted by Crippen LogP contribution is 2.37. The van der Waals surface area contributed by atoms with Crippen LogP contribution in [-0.2, 0) is 17.8 Å². The van der Waals surface area contributed by atoms with Gasteiger partial charge in [0.15, 0.2) is 0 Å². The third kappa shape index (κ3) is 3.94. The number of benzene rings is 2. The van der Waals surface area contributed by atoms with Crippen molar-refractivity contribution >= 4 is 51.5 Å². The van der Waals surface area contributed by atoms with Crippen molar-refractivity contribution in [3.63, 3.8) is 0 Å². The Morgan fingerprint density at radius 2 is 2.00 bits per heavy atom. The van der Waals surface area contributed by atoms with E-state index in [0.29, 0.717) is 5.56 Å². The van der Waals surface area contributed by atoms with Crippen molar-refractivity contribution in [1.29, 1.82) is 0 Å². The van der Waals surface area contributed by atoms with Gasteiger partial charge in [0.25, 0.3) is 0 Å². The number of pyridine rings is 1. The highest BCUT2D eigenvalue weighted by molar-refractivity contribution is 7.10. The minimum Gasteiger partial charge on any atom is -0.457 e. The second-order valence-electron chi connectivity index (χ2n) is 7.65. The van der Waals surface area contributed by atoms with E-state index in [9.17, 15) is 9.18 Å². The van der Waals surface area contributed by atoms with Crippen LogP contribution < -0.4 is 0 Å². The average Bonchev–Trinajstić information content (AvgIpc) is 3.30. The van der Waals surface area contributed by atoms with Crippen LogP contribution in [0.3, 0.4) is 0 Å². The molecule has 0 atom stereocenters. The molecule has 0 N–H and O–H groups in total. The number of halogens is 2. The van der Waals surface area contributed by atoms with E-state index >= 15 is 0 Å². The molecule has 5 rings (SSSR count). The largest absolute Gasteiger partial charge is 0.457 e. The lowest BCUT2D eigenvalue weighted by atomic mass is 9.86. The Balaban J connectivity index is 1.59. The van der Waals surface area contributed by atoms with Gasteiger partial charge in [-0.15, -0.1) is 11.3 Å². The van der Waals surface area contributed by atoms with Crippen molar-refractivity contribution in [1.82, 2.24) is 4.98 Å². The maximum atomic E-state index is 14.2. The lowest BCUT2D eigenvalue weighted by Gasteiger charge is -2.22. The molecular weight excluding hydrogens is 445 g/mol. The summed E-state index contributed by atoms with van der Waals surface area (Å²) in [5.74, 6) is -0.982. The Labute approximate surface area is 194 Å². The summed E-state index contributed by atoms with van der Waals surface area (Å²) in [5.41, 5.74) is 4.27. The fourth-order valence-corrected chi connectivity index (χ4v) is 5.03. The molecule has 3 nitrogen and oxygen atoms in total. The van der Waals surface area contributed by atoms with Gasteiger partial charge in [0.1, 0.15) is 12.4 Å². The number of fused-ring (bicyclic) bond motifs is 2. The number of para-hydroxylation sites is 1. The van der Waals surface area contributed by atoms with Crippen molar-refractivity contribution in [2.75, 3.05) is 0 Å². The number of hydrogen-bond donors (Lipinski definition) is 0. The molecule has 2 aromatic carbocycles. The first-order valence-corrected chi connectivity index (χ1v) is 11.6. The number of nitrogens with zero attached hydrogens (tertiary/aromatic N) is 1. The highest BCUT2D eigenvalue weighted by Gasteiger charge is 2.26. The SMILES string of the molecule is O=C(OCc1c(F)cccc1Cl)c1c2c(nc3ccccc13)C(=Cc1cccs1)CCC2. The van der Waals surface area contributed by atoms with E-state index in [-0.39, 0.29) is 17.2 Å². The molecule has 160 valence electrons. The van der Waals surface area contributed by atoms with Crippen LogP contribution in [0, 0.1) is 5.82 Å². The normalized spacial score (nSPS) is 14.5. The van der Waals surface area contributed by atoms with Crippen LogP contribution in [0.2, 0.25) is 5.02 Å². The fourth-order valence-electron chi connectivity index (χ4n) is 4.13. The van der Waals surface area contributed by atoms with Gasteiger partial charge in [-0.25, -0.2) is 14.2 Å². The van der Waals surface area contributed by atoms with Crippen LogP contribution in [-0.4, -0.2) is 11.0 Å². The lowest BCUT2D eigenvalue weighted by Crippen LogP contribution is -2.15. The summed E-state index contributed by atoms with van der Waals surface area (Å²) in [7, 11) is 0. The van der Waals surface area contributed by atoms with E-state index in [1.54, 1.807) is 17.4 Å². The molecule has 4 aromatic rings. The number of carbonyl (C=O) groups is 1. The zero-order valence-corrected chi connectivity index (χ0v) is 18.7. The van der Waals surface area contributed by atoms with Gasteiger partial charge < -0.3 is 4.74 Å². The number of hydrogen-bond acceptors (Lipinski definition) is 4. The van der Waals surface area contributed by atoms with E-state index in [1.165, 1.54) is 12.1 Å². The van der Waals surface area contributed by atoms with Crippen molar-refractivity contribution < 1.29 is 13.9 Å². The Bertz CT molecular complexity index is 1330. The molecule has 1 aliphatic rings. The number of rotatable bonds is 4. The molecule has 0 saturated carbocycles. The van der Waals surface area contributed by atoms with Gasteiger partial charge in [0.2, 0.25) is 0 Å². The number of ether oxygens (including phenoxy) is 1. The average molecular weight is 464 g/mol. The van der Waals surface area contributed by atoms with Crippen LogP contribution in [0.5, 0.6) is 0 Å². The van der Waals surface area contributed by atoms with Crippen LogP contribution in [0.1, 0.15) is 44.9 Å². The Hall–Kier alpha value is -3.02. The molecule has 32 heavy (non-hydrogen) atoms. The summed E-state index contributed by atoms with van der Waals surface area (Å²) in [5, 5.41) is 3.02. The molecule has 2 heterocycles. The number of carbonyl (C=O) groups excluding carboxylic acids is 1. The van der Waals surface area contributed by atoms with E-state index in [1.807, 2.05) is 35.7 Å². The zero-order chi connectivity index (χ0) is 22.1. The van der Waals surface area contributed by atoms with Gasteiger partial charge in [-0.1, -0.05) is 41.9 Å². The van der Waals surface area contributed by atoms with Crippen LogP contribution in [0.4, 0.5) is 4.39 Å². The molecule has 0 radical (unpaired) electrons. The first kappa shape index (κ1) is 20.9. The quantitative estimate of drug-likeness (QED) is 0.297. The third-order valence-electron chi connectivity index (χ3n) is 5.64. The van der Waals surface area contributed by atoms with E-state index < -0.39 is 11.8 Å². The summed E-state index contributed by atoms with van der Waals surface area (Å²) in [6.07, 6.45) is 4.71. The topological polar surface area (TPSA) is 39.2 Å². The Morgan fingerprint density at radius 1 is 1.12 bits per heavy atom.